The molecule has 0 aromatic heterocycles. The summed E-state index contributed by atoms with van der Waals surface area (Å²) in [6.45, 7) is 5.83. The summed E-state index contributed by atoms with van der Waals surface area (Å²) in [5.74, 6) is -0.0888. The molecule has 1 rings (SSSR count). The van der Waals surface area contributed by atoms with Gasteiger partial charge < -0.3 is 15.5 Å². The molecule has 16 heavy (non-hydrogen) atoms. The number of likely N-dealkylation sites (N-methyl/N-ethyl adjacent to an activating group) is 1. The maximum Gasteiger partial charge on any atom is 0.318 e. The summed E-state index contributed by atoms with van der Waals surface area (Å²) < 4.78 is 0. The Morgan fingerprint density at radius 1 is 1.31 bits per heavy atom. The standard InChI is InChI=1S/C11H21N3O2/c1-11(2,3)13-10(16)14(4)7-9(15)12-8-5-6-8/h8H,5-7H2,1-4H3,(H,12,15)(H,13,16). The number of urea groups is 1. The van der Waals surface area contributed by atoms with E-state index in [1.54, 1.807) is 7.05 Å². The lowest BCUT2D eigenvalue weighted by Gasteiger charge is -2.25. The van der Waals surface area contributed by atoms with Crippen LogP contribution in [0, 0.1) is 0 Å². The van der Waals surface area contributed by atoms with E-state index in [0.29, 0.717) is 6.04 Å². The Labute approximate surface area is 96.6 Å². The zero-order valence-electron chi connectivity index (χ0n) is 10.5. The van der Waals surface area contributed by atoms with Gasteiger partial charge in [-0.15, -0.1) is 0 Å². The first-order valence-electron chi connectivity index (χ1n) is 5.60. The van der Waals surface area contributed by atoms with Crippen LogP contribution in [-0.2, 0) is 4.79 Å². The molecule has 92 valence electrons. The third-order valence-electron chi connectivity index (χ3n) is 2.15. The molecule has 5 heteroatoms. The van der Waals surface area contributed by atoms with Gasteiger partial charge in [0.15, 0.2) is 0 Å². The minimum atomic E-state index is -0.279. The first-order valence-corrected chi connectivity index (χ1v) is 5.60. The number of hydrogen-bond acceptors (Lipinski definition) is 2. The van der Waals surface area contributed by atoms with Crippen LogP contribution in [0.2, 0.25) is 0 Å². The van der Waals surface area contributed by atoms with Gasteiger partial charge >= 0.3 is 6.03 Å². The summed E-state index contributed by atoms with van der Waals surface area (Å²) in [5.41, 5.74) is -0.279. The highest BCUT2D eigenvalue weighted by molar-refractivity contribution is 5.84. The molecule has 0 atom stereocenters. The van der Waals surface area contributed by atoms with Crippen molar-refractivity contribution >= 4 is 11.9 Å². The van der Waals surface area contributed by atoms with Crippen LogP contribution in [0.25, 0.3) is 0 Å². The van der Waals surface area contributed by atoms with Crippen molar-refractivity contribution in [2.45, 2.75) is 45.2 Å². The summed E-state index contributed by atoms with van der Waals surface area (Å²) in [5, 5.41) is 5.64. The summed E-state index contributed by atoms with van der Waals surface area (Å²) in [7, 11) is 1.62. The molecule has 0 heterocycles. The highest BCUT2D eigenvalue weighted by Gasteiger charge is 2.25. The van der Waals surface area contributed by atoms with Gasteiger partial charge in [-0.25, -0.2) is 4.79 Å². The number of hydrogen-bond donors (Lipinski definition) is 2. The molecular weight excluding hydrogens is 206 g/mol. The molecule has 1 aliphatic carbocycles. The predicted octanol–water partition coefficient (Wildman–Crippen LogP) is 0.705. The van der Waals surface area contributed by atoms with Crippen LogP contribution in [0.1, 0.15) is 33.6 Å². The number of rotatable bonds is 3. The molecule has 0 spiro atoms. The first kappa shape index (κ1) is 12.8. The normalized spacial score (nSPS) is 15.5. The summed E-state index contributed by atoms with van der Waals surface area (Å²) in [6.07, 6.45) is 2.12. The van der Waals surface area contributed by atoms with Gasteiger partial charge in [0, 0.05) is 18.6 Å². The largest absolute Gasteiger partial charge is 0.352 e. The van der Waals surface area contributed by atoms with Gasteiger partial charge in [-0.3, -0.25) is 4.79 Å². The van der Waals surface area contributed by atoms with E-state index >= 15 is 0 Å². The van der Waals surface area contributed by atoms with Gasteiger partial charge in [0.2, 0.25) is 5.91 Å². The fourth-order valence-electron chi connectivity index (χ4n) is 1.20. The van der Waals surface area contributed by atoms with Crippen LogP contribution in [0.4, 0.5) is 4.79 Å². The third kappa shape index (κ3) is 5.00. The third-order valence-corrected chi connectivity index (χ3v) is 2.15. The molecule has 0 saturated heterocycles. The average Bonchev–Trinajstić information content (AvgIpc) is 2.84. The predicted molar refractivity (Wildman–Crippen MR) is 62.1 cm³/mol. The summed E-state index contributed by atoms with van der Waals surface area (Å²) in [6, 6.07) is 0.116. The molecule has 0 bridgehead atoms. The smallest absolute Gasteiger partial charge is 0.318 e. The van der Waals surface area contributed by atoms with E-state index in [2.05, 4.69) is 10.6 Å². The SMILES string of the molecule is CN(CC(=O)NC1CC1)C(=O)NC(C)(C)C. The van der Waals surface area contributed by atoms with E-state index in [4.69, 9.17) is 0 Å². The number of amides is 3. The molecule has 2 N–H and O–H groups in total. The van der Waals surface area contributed by atoms with Gasteiger partial charge in [0.25, 0.3) is 0 Å². The topological polar surface area (TPSA) is 61.4 Å². The van der Waals surface area contributed by atoms with Crippen molar-refractivity contribution in [3.63, 3.8) is 0 Å². The second kappa shape index (κ2) is 4.72. The highest BCUT2D eigenvalue weighted by Crippen LogP contribution is 2.18. The van der Waals surface area contributed by atoms with E-state index in [1.807, 2.05) is 20.8 Å². The fraction of sp³-hybridized carbons (Fsp3) is 0.818. The molecule has 5 nitrogen and oxygen atoms in total. The fourth-order valence-corrected chi connectivity index (χ4v) is 1.20. The lowest BCUT2D eigenvalue weighted by atomic mass is 10.1. The Kier molecular flexibility index (Phi) is 3.78. The Morgan fingerprint density at radius 3 is 2.31 bits per heavy atom. The van der Waals surface area contributed by atoms with Gasteiger partial charge in [-0.1, -0.05) is 0 Å². The zero-order valence-corrected chi connectivity index (χ0v) is 10.5. The van der Waals surface area contributed by atoms with E-state index in [0.717, 1.165) is 12.8 Å². The Hall–Kier alpha value is -1.26. The maximum absolute atomic E-state index is 11.6. The molecule has 3 amide bonds. The molecule has 1 aliphatic rings. The van der Waals surface area contributed by atoms with E-state index in [1.165, 1.54) is 4.90 Å². The van der Waals surface area contributed by atoms with Gasteiger partial charge in [0.05, 0.1) is 0 Å². The van der Waals surface area contributed by atoms with E-state index in [-0.39, 0.29) is 24.0 Å². The number of carbonyl (C=O) groups excluding carboxylic acids is 2. The first-order chi connectivity index (χ1) is 7.28. The van der Waals surface area contributed by atoms with Crippen molar-refractivity contribution < 1.29 is 9.59 Å². The van der Waals surface area contributed by atoms with Crippen molar-refractivity contribution in [2.24, 2.45) is 0 Å². The lowest BCUT2D eigenvalue weighted by Crippen LogP contribution is -2.49. The molecule has 0 radical (unpaired) electrons. The second-order valence-electron chi connectivity index (χ2n) is 5.38. The Bertz CT molecular complexity index is 279. The molecule has 0 aromatic carbocycles. The van der Waals surface area contributed by atoms with Gasteiger partial charge in [-0.05, 0) is 33.6 Å². The molecule has 0 unspecified atom stereocenters. The maximum atomic E-state index is 11.6. The quantitative estimate of drug-likeness (QED) is 0.745. The summed E-state index contributed by atoms with van der Waals surface area (Å²) >= 11 is 0. The molecule has 0 aliphatic heterocycles. The van der Waals surface area contributed by atoms with Crippen molar-refractivity contribution in [3.05, 3.63) is 0 Å². The molecule has 1 saturated carbocycles. The van der Waals surface area contributed by atoms with Crippen LogP contribution < -0.4 is 10.6 Å². The molecule has 1 fully saturated rings. The van der Waals surface area contributed by atoms with Crippen molar-refractivity contribution in [1.29, 1.82) is 0 Å². The van der Waals surface area contributed by atoms with Gasteiger partial charge in [0.1, 0.15) is 6.54 Å². The van der Waals surface area contributed by atoms with Crippen molar-refractivity contribution in [1.82, 2.24) is 15.5 Å². The number of nitrogens with zero attached hydrogens (tertiary/aromatic N) is 1. The Morgan fingerprint density at radius 2 is 1.88 bits per heavy atom. The van der Waals surface area contributed by atoms with Crippen LogP contribution in [0.5, 0.6) is 0 Å². The summed E-state index contributed by atoms with van der Waals surface area (Å²) in [4.78, 5) is 24.5. The van der Waals surface area contributed by atoms with Gasteiger partial charge in [-0.2, -0.15) is 0 Å². The van der Waals surface area contributed by atoms with Crippen LogP contribution >= 0.6 is 0 Å². The average molecular weight is 227 g/mol. The van der Waals surface area contributed by atoms with Crippen LogP contribution in [0.15, 0.2) is 0 Å². The van der Waals surface area contributed by atoms with Crippen molar-refractivity contribution in [3.8, 4) is 0 Å². The van der Waals surface area contributed by atoms with Crippen LogP contribution in [0.3, 0.4) is 0 Å². The van der Waals surface area contributed by atoms with E-state index < -0.39 is 0 Å². The molecule has 0 aromatic rings. The monoisotopic (exact) mass is 227 g/mol. The number of carbonyl (C=O) groups is 2. The van der Waals surface area contributed by atoms with Crippen molar-refractivity contribution in [2.75, 3.05) is 13.6 Å². The molecular formula is C11H21N3O2. The Balaban J connectivity index is 2.29. The van der Waals surface area contributed by atoms with Crippen LogP contribution in [-0.4, -0.2) is 42.0 Å². The lowest BCUT2D eigenvalue weighted by molar-refractivity contribution is -0.121. The highest BCUT2D eigenvalue weighted by atomic mass is 16.2. The number of nitrogens with one attached hydrogen (secondary N) is 2. The minimum Gasteiger partial charge on any atom is -0.352 e. The van der Waals surface area contributed by atoms with E-state index in [9.17, 15) is 9.59 Å². The second-order valence-corrected chi connectivity index (χ2v) is 5.38. The zero-order chi connectivity index (χ0) is 12.3. The minimum absolute atomic E-state index is 0.0888.